The molecule has 1 heterocycles. The molecule has 0 spiro atoms. The van der Waals surface area contributed by atoms with E-state index in [0.717, 1.165) is 19.5 Å². The molecule has 2 rings (SSSR count). The Morgan fingerprint density at radius 1 is 1.20 bits per heavy atom. The van der Waals surface area contributed by atoms with Gasteiger partial charge in [0.2, 0.25) is 0 Å². The van der Waals surface area contributed by atoms with Crippen molar-refractivity contribution in [2.24, 2.45) is 0 Å². The van der Waals surface area contributed by atoms with Crippen LogP contribution in [-0.2, 0) is 6.54 Å². The van der Waals surface area contributed by atoms with E-state index in [2.05, 4.69) is 57.2 Å². The molecule has 0 aliphatic carbocycles. The molecule has 82 valence electrons. The van der Waals surface area contributed by atoms with Gasteiger partial charge in [-0.05, 0) is 12.0 Å². The van der Waals surface area contributed by atoms with Crippen molar-refractivity contribution >= 4 is 28.3 Å². The molecule has 0 saturated heterocycles. The summed E-state index contributed by atoms with van der Waals surface area (Å²) >= 11 is 3.56. The molecule has 0 atom stereocenters. The molecule has 3 heteroatoms. The number of benzene rings is 1. The van der Waals surface area contributed by atoms with Crippen LogP contribution < -0.4 is 0 Å². The van der Waals surface area contributed by atoms with Crippen LogP contribution in [0.3, 0.4) is 0 Å². The third kappa shape index (κ3) is 3.98. The zero-order valence-electron chi connectivity index (χ0n) is 8.53. The first-order valence-electron chi connectivity index (χ1n) is 4.95. The van der Waals surface area contributed by atoms with Crippen molar-refractivity contribution in [1.29, 1.82) is 0 Å². The van der Waals surface area contributed by atoms with Crippen LogP contribution in [0, 0.1) is 0 Å². The molecule has 0 unspecified atom stereocenters. The molecule has 15 heavy (non-hydrogen) atoms. The van der Waals surface area contributed by atoms with Gasteiger partial charge in [0, 0.05) is 24.1 Å². The molecular formula is C12H15BrClN. The van der Waals surface area contributed by atoms with E-state index in [-0.39, 0.29) is 12.4 Å². The quantitative estimate of drug-likeness (QED) is 0.804. The highest BCUT2D eigenvalue weighted by Gasteiger charge is 2.10. The summed E-state index contributed by atoms with van der Waals surface area (Å²) in [6.07, 6.45) is 3.43. The van der Waals surface area contributed by atoms with Crippen LogP contribution in [0.5, 0.6) is 0 Å². The topological polar surface area (TPSA) is 3.24 Å². The molecular weight excluding hydrogens is 273 g/mol. The van der Waals surface area contributed by atoms with Crippen molar-refractivity contribution in [2.45, 2.75) is 13.0 Å². The Hall–Kier alpha value is -0.310. The molecule has 0 amide bonds. The summed E-state index contributed by atoms with van der Waals surface area (Å²) in [4.78, 5) is 2.46. The summed E-state index contributed by atoms with van der Waals surface area (Å²) < 4.78 is 1.32. The summed E-state index contributed by atoms with van der Waals surface area (Å²) in [6, 6.07) is 10.6. The Labute approximate surface area is 106 Å². The van der Waals surface area contributed by atoms with Crippen LogP contribution in [0.15, 0.2) is 40.9 Å². The molecule has 1 aliphatic rings. The van der Waals surface area contributed by atoms with Crippen LogP contribution in [0.1, 0.15) is 12.0 Å². The SMILES string of the molecule is BrC1=CCCN(Cc2ccccc2)C1.Cl. The van der Waals surface area contributed by atoms with Gasteiger partial charge in [-0.25, -0.2) is 0 Å². The van der Waals surface area contributed by atoms with E-state index in [1.165, 1.54) is 16.6 Å². The average molecular weight is 289 g/mol. The van der Waals surface area contributed by atoms with Crippen LogP contribution in [0.2, 0.25) is 0 Å². The number of rotatable bonds is 2. The van der Waals surface area contributed by atoms with Gasteiger partial charge in [-0.15, -0.1) is 12.4 Å². The van der Waals surface area contributed by atoms with Crippen molar-refractivity contribution in [2.75, 3.05) is 13.1 Å². The molecule has 0 aromatic heterocycles. The molecule has 0 bridgehead atoms. The van der Waals surface area contributed by atoms with Gasteiger partial charge >= 0.3 is 0 Å². The first-order valence-corrected chi connectivity index (χ1v) is 5.75. The zero-order valence-corrected chi connectivity index (χ0v) is 10.9. The number of nitrogens with zero attached hydrogens (tertiary/aromatic N) is 1. The zero-order chi connectivity index (χ0) is 9.80. The second kappa shape index (κ2) is 6.31. The Morgan fingerprint density at radius 2 is 1.93 bits per heavy atom. The van der Waals surface area contributed by atoms with E-state index < -0.39 is 0 Å². The van der Waals surface area contributed by atoms with Gasteiger partial charge in [0.25, 0.3) is 0 Å². The molecule has 1 aromatic carbocycles. The first-order chi connectivity index (χ1) is 6.84. The van der Waals surface area contributed by atoms with Gasteiger partial charge in [-0.1, -0.05) is 52.3 Å². The third-order valence-corrected chi connectivity index (χ3v) is 3.01. The van der Waals surface area contributed by atoms with Crippen molar-refractivity contribution in [3.63, 3.8) is 0 Å². The Bertz CT molecular complexity index is 324. The average Bonchev–Trinajstić information content (AvgIpc) is 2.19. The predicted octanol–water partition coefficient (Wildman–Crippen LogP) is 3.59. The lowest BCUT2D eigenvalue weighted by molar-refractivity contribution is 0.289. The largest absolute Gasteiger partial charge is 0.294 e. The lowest BCUT2D eigenvalue weighted by Gasteiger charge is -2.25. The van der Waals surface area contributed by atoms with Gasteiger partial charge in [-0.3, -0.25) is 4.90 Å². The maximum absolute atomic E-state index is 3.56. The minimum absolute atomic E-state index is 0. The summed E-state index contributed by atoms with van der Waals surface area (Å²) in [7, 11) is 0. The summed E-state index contributed by atoms with van der Waals surface area (Å²) in [5.74, 6) is 0. The van der Waals surface area contributed by atoms with E-state index >= 15 is 0 Å². The Balaban J connectivity index is 0.00000112. The predicted molar refractivity (Wildman–Crippen MR) is 70.6 cm³/mol. The smallest absolute Gasteiger partial charge is 0.0300 e. The van der Waals surface area contributed by atoms with Crippen LogP contribution in [0.4, 0.5) is 0 Å². The first kappa shape index (κ1) is 12.8. The standard InChI is InChI=1S/C12H14BrN.ClH/c13-12-7-4-8-14(10-12)9-11-5-2-1-3-6-11;/h1-3,5-7H,4,8-10H2;1H. The molecule has 0 saturated carbocycles. The van der Waals surface area contributed by atoms with Crippen LogP contribution in [0.25, 0.3) is 0 Å². The molecule has 1 nitrogen and oxygen atoms in total. The van der Waals surface area contributed by atoms with Crippen LogP contribution >= 0.6 is 28.3 Å². The lowest BCUT2D eigenvalue weighted by Crippen LogP contribution is -2.28. The van der Waals surface area contributed by atoms with Gasteiger partial charge < -0.3 is 0 Å². The molecule has 1 aromatic rings. The van der Waals surface area contributed by atoms with Gasteiger partial charge in [0.1, 0.15) is 0 Å². The van der Waals surface area contributed by atoms with E-state index in [1.54, 1.807) is 0 Å². The maximum atomic E-state index is 3.56. The van der Waals surface area contributed by atoms with Crippen molar-refractivity contribution in [3.05, 3.63) is 46.5 Å². The summed E-state index contributed by atoms with van der Waals surface area (Å²) in [5.41, 5.74) is 1.40. The highest BCUT2D eigenvalue weighted by Crippen LogP contribution is 2.16. The van der Waals surface area contributed by atoms with E-state index in [1.807, 2.05) is 0 Å². The minimum atomic E-state index is 0. The molecule has 1 aliphatic heterocycles. The van der Waals surface area contributed by atoms with Crippen LogP contribution in [-0.4, -0.2) is 18.0 Å². The fourth-order valence-electron chi connectivity index (χ4n) is 1.74. The Kier molecular flexibility index (Phi) is 5.37. The number of hydrogen-bond acceptors (Lipinski definition) is 1. The summed E-state index contributed by atoms with van der Waals surface area (Å²) in [6.45, 7) is 3.28. The number of halogens is 2. The van der Waals surface area contributed by atoms with Gasteiger partial charge in [0.05, 0.1) is 0 Å². The van der Waals surface area contributed by atoms with Gasteiger partial charge in [0.15, 0.2) is 0 Å². The van der Waals surface area contributed by atoms with Crippen molar-refractivity contribution < 1.29 is 0 Å². The normalized spacial score (nSPS) is 16.7. The lowest BCUT2D eigenvalue weighted by atomic mass is 10.2. The van der Waals surface area contributed by atoms with E-state index in [4.69, 9.17) is 0 Å². The fraction of sp³-hybridized carbons (Fsp3) is 0.333. The van der Waals surface area contributed by atoms with Crippen molar-refractivity contribution in [1.82, 2.24) is 4.90 Å². The minimum Gasteiger partial charge on any atom is -0.294 e. The fourth-order valence-corrected chi connectivity index (χ4v) is 2.32. The molecule has 0 fully saturated rings. The maximum Gasteiger partial charge on any atom is 0.0300 e. The second-order valence-corrected chi connectivity index (χ2v) is 4.65. The highest BCUT2D eigenvalue weighted by molar-refractivity contribution is 9.11. The summed E-state index contributed by atoms with van der Waals surface area (Å²) in [5, 5.41) is 0. The monoisotopic (exact) mass is 287 g/mol. The Morgan fingerprint density at radius 3 is 2.60 bits per heavy atom. The van der Waals surface area contributed by atoms with Gasteiger partial charge in [-0.2, -0.15) is 0 Å². The van der Waals surface area contributed by atoms with E-state index in [0.29, 0.717) is 0 Å². The second-order valence-electron chi connectivity index (χ2n) is 3.64. The molecule has 0 N–H and O–H groups in total. The third-order valence-electron chi connectivity index (χ3n) is 2.43. The van der Waals surface area contributed by atoms with Crippen molar-refractivity contribution in [3.8, 4) is 0 Å². The molecule has 0 radical (unpaired) electrons. The highest BCUT2D eigenvalue weighted by atomic mass is 79.9. The number of hydrogen-bond donors (Lipinski definition) is 0. The van der Waals surface area contributed by atoms with E-state index in [9.17, 15) is 0 Å².